The molecule has 0 saturated heterocycles. The molecule has 0 fully saturated rings. The Morgan fingerprint density at radius 2 is 2.23 bits per heavy atom. The molecule has 0 saturated carbocycles. The van der Waals surface area contributed by atoms with Gasteiger partial charge in [-0.2, -0.15) is 0 Å². The van der Waals surface area contributed by atoms with Crippen molar-refractivity contribution in [2.24, 2.45) is 0 Å². The van der Waals surface area contributed by atoms with E-state index in [1.807, 2.05) is 13.0 Å². The number of aromatic nitrogens is 4. The molecule has 3 heterocycles. The van der Waals surface area contributed by atoms with E-state index in [9.17, 15) is 9.90 Å². The standard InChI is InChI=1S/C19H27N5O2/c1-4-10-23-17-14(16-20-12(2)7-11-24(16)18(23)25)21-15(22-17)13-5-8-19(3,26)9-6-13/h5,12,20,26H,4,6-11H2,1-3H3. The maximum absolute atomic E-state index is 13.0. The van der Waals surface area contributed by atoms with Crippen LogP contribution in [0, 0.1) is 0 Å². The van der Waals surface area contributed by atoms with Gasteiger partial charge in [0, 0.05) is 19.1 Å². The van der Waals surface area contributed by atoms with E-state index in [0.717, 1.165) is 36.3 Å². The van der Waals surface area contributed by atoms with Gasteiger partial charge in [0.2, 0.25) is 0 Å². The van der Waals surface area contributed by atoms with Gasteiger partial charge in [-0.3, -0.25) is 9.13 Å². The fraction of sp³-hybridized carbons (Fsp3) is 0.632. The van der Waals surface area contributed by atoms with E-state index in [0.29, 0.717) is 43.6 Å². The minimum Gasteiger partial charge on any atom is -0.390 e. The van der Waals surface area contributed by atoms with Gasteiger partial charge in [-0.25, -0.2) is 14.8 Å². The number of imidazole rings is 1. The number of hydrogen-bond acceptors (Lipinski definition) is 5. The molecule has 0 spiro atoms. The quantitative estimate of drug-likeness (QED) is 0.881. The maximum atomic E-state index is 13.0. The molecule has 140 valence electrons. The molecule has 3 aliphatic heterocycles. The largest absolute Gasteiger partial charge is 0.390 e. The van der Waals surface area contributed by atoms with Crippen LogP contribution in [0.5, 0.6) is 0 Å². The Balaban J connectivity index is 1.87. The van der Waals surface area contributed by atoms with Gasteiger partial charge >= 0.3 is 5.69 Å². The molecule has 0 radical (unpaired) electrons. The van der Waals surface area contributed by atoms with Crippen LogP contribution in [-0.4, -0.2) is 35.9 Å². The van der Waals surface area contributed by atoms with Gasteiger partial charge < -0.3 is 10.4 Å². The zero-order valence-corrected chi connectivity index (χ0v) is 15.7. The van der Waals surface area contributed by atoms with E-state index in [1.54, 1.807) is 9.13 Å². The lowest BCUT2D eigenvalue weighted by atomic mass is 9.87. The first-order valence-corrected chi connectivity index (χ1v) is 9.59. The van der Waals surface area contributed by atoms with Crippen molar-refractivity contribution in [2.75, 3.05) is 5.32 Å². The molecule has 2 N–H and O–H groups in total. The molecule has 2 atom stereocenters. The lowest BCUT2D eigenvalue weighted by Crippen LogP contribution is -2.39. The van der Waals surface area contributed by atoms with Crippen LogP contribution in [0.2, 0.25) is 0 Å². The number of allylic oxidation sites excluding steroid dienone is 1. The number of nitrogens with one attached hydrogen (secondary N) is 1. The summed E-state index contributed by atoms with van der Waals surface area (Å²) in [6, 6.07) is 0.309. The van der Waals surface area contributed by atoms with Crippen LogP contribution in [0.3, 0.4) is 0 Å². The Bertz CT molecular complexity index is 892. The highest BCUT2D eigenvalue weighted by Crippen LogP contribution is 2.35. The first-order valence-electron chi connectivity index (χ1n) is 9.59. The van der Waals surface area contributed by atoms with Gasteiger partial charge in [-0.05, 0) is 51.5 Å². The molecular formula is C19H27N5O2. The fourth-order valence-corrected chi connectivity index (χ4v) is 3.85. The van der Waals surface area contributed by atoms with Crippen LogP contribution in [0.15, 0.2) is 10.9 Å². The normalized spacial score (nSPS) is 25.7. The minimum absolute atomic E-state index is 0.0132. The van der Waals surface area contributed by atoms with Crippen molar-refractivity contribution < 1.29 is 5.11 Å². The lowest BCUT2D eigenvalue weighted by Gasteiger charge is -2.28. The van der Waals surface area contributed by atoms with Crippen LogP contribution < -0.4 is 11.0 Å². The van der Waals surface area contributed by atoms with Gasteiger partial charge in [0.05, 0.1) is 5.60 Å². The first kappa shape index (κ1) is 17.3. The molecule has 7 nitrogen and oxygen atoms in total. The molecule has 0 aromatic rings. The van der Waals surface area contributed by atoms with Gasteiger partial charge in [-0.1, -0.05) is 13.0 Å². The van der Waals surface area contributed by atoms with Crippen LogP contribution in [0.4, 0.5) is 5.82 Å². The van der Waals surface area contributed by atoms with Gasteiger partial charge in [0.25, 0.3) is 0 Å². The third-order valence-electron chi connectivity index (χ3n) is 5.48. The number of anilines is 1. The molecule has 7 heteroatoms. The first-order chi connectivity index (χ1) is 12.4. The maximum Gasteiger partial charge on any atom is 0.331 e. The van der Waals surface area contributed by atoms with Gasteiger partial charge in [-0.15, -0.1) is 0 Å². The van der Waals surface area contributed by atoms with Crippen molar-refractivity contribution in [1.82, 2.24) is 19.1 Å². The number of fused-ring (bicyclic) bond motifs is 3. The summed E-state index contributed by atoms with van der Waals surface area (Å²) in [7, 11) is 0. The third-order valence-corrected chi connectivity index (χ3v) is 5.48. The Labute approximate surface area is 153 Å². The number of nitrogens with zero attached hydrogens (tertiary/aromatic N) is 4. The van der Waals surface area contributed by atoms with Gasteiger partial charge in [0.1, 0.15) is 11.5 Å². The van der Waals surface area contributed by atoms with E-state index in [4.69, 9.17) is 9.97 Å². The summed E-state index contributed by atoms with van der Waals surface area (Å²) in [5, 5.41) is 13.6. The van der Waals surface area contributed by atoms with E-state index in [2.05, 4.69) is 19.2 Å². The van der Waals surface area contributed by atoms with E-state index in [1.165, 1.54) is 0 Å². The second-order valence-corrected chi connectivity index (χ2v) is 7.92. The lowest BCUT2D eigenvalue weighted by molar-refractivity contribution is 0.0523. The summed E-state index contributed by atoms with van der Waals surface area (Å²) in [4.78, 5) is 22.5. The number of rotatable bonds is 3. The zero-order valence-electron chi connectivity index (χ0n) is 15.7. The highest BCUT2D eigenvalue weighted by Gasteiger charge is 2.30. The molecule has 4 aliphatic rings. The Hall–Kier alpha value is -2.15. The summed E-state index contributed by atoms with van der Waals surface area (Å²) in [5.41, 5.74) is 1.18. The van der Waals surface area contributed by atoms with Crippen molar-refractivity contribution in [3.63, 3.8) is 0 Å². The molecule has 0 aromatic carbocycles. The monoisotopic (exact) mass is 357 g/mol. The second-order valence-electron chi connectivity index (χ2n) is 7.92. The highest BCUT2D eigenvalue weighted by atomic mass is 16.3. The molecular weight excluding hydrogens is 330 g/mol. The van der Waals surface area contributed by atoms with E-state index >= 15 is 0 Å². The third kappa shape index (κ3) is 2.84. The zero-order chi connectivity index (χ0) is 18.5. The second kappa shape index (κ2) is 6.23. The molecule has 0 bridgehead atoms. The van der Waals surface area contributed by atoms with Crippen LogP contribution in [-0.2, 0) is 13.1 Å². The van der Waals surface area contributed by atoms with Crippen molar-refractivity contribution in [1.29, 1.82) is 0 Å². The average molecular weight is 357 g/mol. The predicted octanol–water partition coefficient (Wildman–Crippen LogP) is 2.48. The Morgan fingerprint density at radius 3 is 2.92 bits per heavy atom. The van der Waals surface area contributed by atoms with Crippen LogP contribution in [0.25, 0.3) is 17.1 Å². The molecule has 2 unspecified atom stereocenters. The predicted molar refractivity (Wildman–Crippen MR) is 101 cm³/mol. The molecule has 1 aliphatic carbocycles. The fourth-order valence-electron chi connectivity index (χ4n) is 3.85. The Morgan fingerprint density at radius 1 is 1.42 bits per heavy atom. The molecule has 4 rings (SSSR count). The van der Waals surface area contributed by atoms with Crippen LogP contribution in [0.1, 0.15) is 58.7 Å². The number of aliphatic hydroxyl groups is 1. The van der Waals surface area contributed by atoms with E-state index < -0.39 is 5.60 Å². The SMILES string of the molecule is CCCn1c2nc(C3=CCC(C)(O)CC3)nc-2c2n(c1=O)CCC(C)N2. The highest BCUT2D eigenvalue weighted by molar-refractivity contribution is 5.73. The number of hydrogen-bond donors (Lipinski definition) is 2. The van der Waals surface area contributed by atoms with Crippen molar-refractivity contribution >= 4 is 11.4 Å². The topological polar surface area (TPSA) is 85.0 Å². The van der Waals surface area contributed by atoms with E-state index in [-0.39, 0.29) is 5.69 Å². The summed E-state index contributed by atoms with van der Waals surface area (Å²) in [6.45, 7) is 7.38. The Kier molecular flexibility index (Phi) is 4.14. The minimum atomic E-state index is -0.647. The molecule has 0 amide bonds. The van der Waals surface area contributed by atoms with Crippen LogP contribution >= 0.6 is 0 Å². The molecule has 0 aromatic heterocycles. The van der Waals surface area contributed by atoms with Gasteiger partial charge in [0.15, 0.2) is 11.6 Å². The summed E-state index contributed by atoms with van der Waals surface area (Å²) in [5.74, 6) is 2.14. The summed E-state index contributed by atoms with van der Waals surface area (Å²) in [6.07, 6.45) is 5.89. The summed E-state index contributed by atoms with van der Waals surface area (Å²) >= 11 is 0. The van der Waals surface area contributed by atoms with Crippen molar-refractivity contribution in [3.8, 4) is 11.5 Å². The van der Waals surface area contributed by atoms with Crippen molar-refractivity contribution in [3.05, 3.63) is 22.4 Å². The smallest absolute Gasteiger partial charge is 0.331 e. The molecule has 26 heavy (non-hydrogen) atoms. The average Bonchev–Trinajstić information content (AvgIpc) is 3.03. The summed E-state index contributed by atoms with van der Waals surface area (Å²) < 4.78 is 3.56. The van der Waals surface area contributed by atoms with Crippen molar-refractivity contribution in [2.45, 2.75) is 77.6 Å².